The SMILES string of the molecule is CCCN(C(=O)c1ccc(Cn2cccn2)cc1)C(c1ccc(F)cc1)c1cccnc1. The summed E-state index contributed by atoms with van der Waals surface area (Å²) >= 11 is 0. The summed E-state index contributed by atoms with van der Waals surface area (Å²) in [6.07, 6.45) is 7.91. The molecule has 0 aliphatic carbocycles. The van der Waals surface area contributed by atoms with Crippen molar-refractivity contribution in [3.63, 3.8) is 0 Å². The van der Waals surface area contributed by atoms with Gasteiger partial charge in [-0.1, -0.05) is 37.3 Å². The summed E-state index contributed by atoms with van der Waals surface area (Å²) in [4.78, 5) is 19.7. The molecular weight excluding hydrogens is 403 g/mol. The molecule has 5 nitrogen and oxygen atoms in total. The second-order valence-electron chi connectivity index (χ2n) is 7.64. The highest BCUT2D eigenvalue weighted by Crippen LogP contribution is 2.30. The molecule has 1 unspecified atom stereocenters. The van der Waals surface area contributed by atoms with Gasteiger partial charge in [-0.2, -0.15) is 5.10 Å². The van der Waals surface area contributed by atoms with Crippen LogP contribution >= 0.6 is 0 Å². The molecule has 0 spiro atoms. The molecule has 2 aromatic carbocycles. The third-order valence-electron chi connectivity index (χ3n) is 5.33. The van der Waals surface area contributed by atoms with Crippen molar-refractivity contribution in [3.05, 3.63) is 120 Å². The second kappa shape index (κ2) is 10.0. The maximum atomic E-state index is 13.6. The molecule has 0 fully saturated rings. The van der Waals surface area contributed by atoms with Gasteiger partial charge in [-0.25, -0.2) is 4.39 Å². The molecule has 0 radical (unpaired) electrons. The molecule has 6 heteroatoms. The van der Waals surface area contributed by atoms with Crippen LogP contribution in [-0.2, 0) is 6.54 Å². The van der Waals surface area contributed by atoms with Crippen LogP contribution in [0.15, 0.2) is 91.5 Å². The predicted octanol–water partition coefficient (Wildman–Crippen LogP) is 5.11. The van der Waals surface area contributed by atoms with E-state index < -0.39 is 0 Å². The van der Waals surface area contributed by atoms with Crippen molar-refractivity contribution >= 4 is 5.91 Å². The minimum atomic E-state index is -0.361. The van der Waals surface area contributed by atoms with Gasteiger partial charge in [0.15, 0.2) is 0 Å². The Morgan fingerprint density at radius 2 is 1.78 bits per heavy atom. The summed E-state index contributed by atoms with van der Waals surface area (Å²) < 4.78 is 15.4. The van der Waals surface area contributed by atoms with Crippen LogP contribution in [0.2, 0.25) is 0 Å². The summed E-state index contributed by atoms with van der Waals surface area (Å²) in [6, 6.07) is 19.3. The number of hydrogen-bond acceptors (Lipinski definition) is 3. The molecule has 4 rings (SSSR count). The molecule has 0 N–H and O–H groups in total. The van der Waals surface area contributed by atoms with Crippen LogP contribution in [0, 0.1) is 5.82 Å². The Bertz CT molecular complexity index is 1130. The van der Waals surface area contributed by atoms with Crippen molar-refractivity contribution in [2.45, 2.75) is 25.9 Å². The Hall–Kier alpha value is -3.80. The van der Waals surface area contributed by atoms with Crippen molar-refractivity contribution < 1.29 is 9.18 Å². The topological polar surface area (TPSA) is 51.0 Å². The first-order valence-corrected chi connectivity index (χ1v) is 10.7. The number of benzene rings is 2. The van der Waals surface area contributed by atoms with E-state index in [4.69, 9.17) is 0 Å². The minimum absolute atomic E-state index is 0.0735. The molecule has 32 heavy (non-hydrogen) atoms. The van der Waals surface area contributed by atoms with Crippen LogP contribution in [0.25, 0.3) is 0 Å². The number of rotatable bonds is 8. The van der Waals surface area contributed by atoms with Gasteiger partial charge in [-0.3, -0.25) is 14.5 Å². The largest absolute Gasteiger partial charge is 0.327 e. The molecule has 0 aliphatic heterocycles. The summed E-state index contributed by atoms with van der Waals surface area (Å²) in [5.74, 6) is -0.379. The number of carbonyl (C=O) groups excluding carboxylic acids is 1. The fourth-order valence-electron chi connectivity index (χ4n) is 3.82. The number of halogens is 1. The van der Waals surface area contributed by atoms with Gasteiger partial charge in [-0.05, 0) is 59.5 Å². The molecule has 0 saturated heterocycles. The normalized spacial score (nSPS) is 11.8. The van der Waals surface area contributed by atoms with Crippen LogP contribution < -0.4 is 0 Å². The van der Waals surface area contributed by atoms with Crippen LogP contribution in [0.3, 0.4) is 0 Å². The van der Waals surface area contributed by atoms with Crippen molar-refractivity contribution in [1.82, 2.24) is 19.7 Å². The number of pyridine rings is 1. The number of amides is 1. The van der Waals surface area contributed by atoms with Gasteiger partial charge < -0.3 is 4.90 Å². The van der Waals surface area contributed by atoms with E-state index >= 15 is 0 Å². The molecule has 1 amide bonds. The van der Waals surface area contributed by atoms with Gasteiger partial charge in [0.25, 0.3) is 5.91 Å². The lowest BCUT2D eigenvalue weighted by Crippen LogP contribution is -2.36. The van der Waals surface area contributed by atoms with E-state index in [0.29, 0.717) is 18.7 Å². The molecule has 0 saturated carbocycles. The average Bonchev–Trinajstić information content (AvgIpc) is 3.34. The van der Waals surface area contributed by atoms with E-state index in [2.05, 4.69) is 10.1 Å². The Labute approximate surface area is 187 Å². The van der Waals surface area contributed by atoms with Crippen molar-refractivity contribution in [1.29, 1.82) is 0 Å². The lowest BCUT2D eigenvalue weighted by molar-refractivity contribution is 0.0706. The van der Waals surface area contributed by atoms with Crippen LogP contribution in [0.1, 0.15) is 46.4 Å². The van der Waals surface area contributed by atoms with Crippen LogP contribution in [-0.4, -0.2) is 32.1 Å². The standard InChI is InChI=1S/C26H25FN4O/c1-2-16-31(25(23-5-3-14-28-18-23)21-10-12-24(27)13-11-21)26(32)22-8-6-20(7-9-22)19-30-17-4-15-29-30/h3-15,17-18,25H,2,16,19H2,1H3. The van der Waals surface area contributed by atoms with Crippen LogP contribution in [0.5, 0.6) is 0 Å². The highest BCUT2D eigenvalue weighted by molar-refractivity contribution is 5.94. The molecule has 2 heterocycles. The van der Waals surface area contributed by atoms with Gasteiger partial charge in [0.05, 0.1) is 12.6 Å². The molecule has 1 atom stereocenters. The highest BCUT2D eigenvalue weighted by Gasteiger charge is 2.27. The molecular formula is C26H25FN4O. The van der Waals surface area contributed by atoms with Gasteiger partial charge in [-0.15, -0.1) is 0 Å². The Balaban J connectivity index is 1.66. The van der Waals surface area contributed by atoms with E-state index in [1.54, 1.807) is 30.7 Å². The zero-order chi connectivity index (χ0) is 22.3. The maximum Gasteiger partial charge on any atom is 0.254 e. The van der Waals surface area contributed by atoms with Crippen molar-refractivity contribution in [3.8, 4) is 0 Å². The van der Waals surface area contributed by atoms with Gasteiger partial charge in [0.1, 0.15) is 5.82 Å². The fraction of sp³-hybridized carbons (Fsp3) is 0.192. The van der Waals surface area contributed by atoms with E-state index in [0.717, 1.165) is 23.1 Å². The first-order chi connectivity index (χ1) is 15.7. The third-order valence-corrected chi connectivity index (χ3v) is 5.33. The Morgan fingerprint density at radius 1 is 1.00 bits per heavy atom. The summed E-state index contributed by atoms with van der Waals surface area (Å²) in [6.45, 7) is 3.25. The molecule has 0 aliphatic rings. The first-order valence-electron chi connectivity index (χ1n) is 10.7. The third kappa shape index (κ3) is 4.91. The van der Waals surface area contributed by atoms with Crippen LogP contribution in [0.4, 0.5) is 4.39 Å². The lowest BCUT2D eigenvalue weighted by Gasteiger charge is -2.32. The quantitative estimate of drug-likeness (QED) is 0.392. The number of carbonyl (C=O) groups is 1. The molecule has 0 bridgehead atoms. The van der Waals surface area contributed by atoms with Gasteiger partial charge in [0.2, 0.25) is 0 Å². The van der Waals surface area contributed by atoms with Gasteiger partial charge >= 0.3 is 0 Å². The maximum absolute atomic E-state index is 13.6. The lowest BCUT2D eigenvalue weighted by atomic mass is 9.97. The Morgan fingerprint density at radius 3 is 2.41 bits per heavy atom. The van der Waals surface area contributed by atoms with E-state index in [1.807, 2.05) is 65.2 Å². The summed E-state index contributed by atoms with van der Waals surface area (Å²) in [7, 11) is 0. The Kier molecular flexibility index (Phi) is 6.70. The summed E-state index contributed by atoms with van der Waals surface area (Å²) in [5, 5.41) is 4.23. The predicted molar refractivity (Wildman–Crippen MR) is 122 cm³/mol. The molecule has 4 aromatic rings. The van der Waals surface area contributed by atoms with E-state index in [1.165, 1.54) is 12.1 Å². The molecule has 162 valence electrons. The fourth-order valence-corrected chi connectivity index (χ4v) is 3.82. The minimum Gasteiger partial charge on any atom is -0.327 e. The van der Waals surface area contributed by atoms with Gasteiger partial charge in [0, 0.05) is 36.9 Å². The first kappa shape index (κ1) is 21.4. The number of nitrogens with zero attached hydrogens (tertiary/aromatic N) is 4. The molecule has 2 aromatic heterocycles. The smallest absolute Gasteiger partial charge is 0.254 e. The van der Waals surface area contributed by atoms with E-state index in [-0.39, 0.29) is 17.8 Å². The average molecular weight is 429 g/mol. The van der Waals surface area contributed by atoms with E-state index in [9.17, 15) is 9.18 Å². The van der Waals surface area contributed by atoms with Crippen molar-refractivity contribution in [2.75, 3.05) is 6.54 Å². The highest BCUT2D eigenvalue weighted by atomic mass is 19.1. The van der Waals surface area contributed by atoms with Crippen molar-refractivity contribution in [2.24, 2.45) is 0 Å². The number of hydrogen-bond donors (Lipinski definition) is 0. The summed E-state index contributed by atoms with van der Waals surface area (Å²) in [5.41, 5.74) is 3.40. The monoisotopic (exact) mass is 428 g/mol. The number of aromatic nitrogens is 3. The zero-order valence-electron chi connectivity index (χ0n) is 17.9. The second-order valence-corrected chi connectivity index (χ2v) is 7.64. The zero-order valence-corrected chi connectivity index (χ0v) is 17.9.